The predicted molar refractivity (Wildman–Crippen MR) is 152 cm³/mol. The van der Waals surface area contributed by atoms with Crippen LogP contribution in [0.2, 0.25) is 0 Å². The minimum Gasteiger partial charge on any atom is -0.340 e. The summed E-state index contributed by atoms with van der Waals surface area (Å²) in [6.07, 6.45) is 2.94. The van der Waals surface area contributed by atoms with Crippen molar-refractivity contribution in [2.45, 2.75) is 43.2 Å². The van der Waals surface area contributed by atoms with Crippen molar-refractivity contribution in [3.05, 3.63) is 72.4 Å². The smallest absolute Gasteiger partial charge is 0.250 e. The Labute approximate surface area is 228 Å². The summed E-state index contributed by atoms with van der Waals surface area (Å²) in [5, 5.41) is 6.80. The number of carbonyl (C=O) groups excluding carboxylic acids is 3. The molecule has 3 aromatic rings. The predicted octanol–water partition coefficient (Wildman–Crippen LogP) is 1.46. The van der Waals surface area contributed by atoms with E-state index in [1.165, 1.54) is 4.90 Å². The standard InChI is InChI=1S/C29H37N7O3/c30-12-14-36(15-13-31)26(37)17-24(32)27(38)35-29(11-10-22(18-29)20-6-2-1-3-7-20)28(39)34-23-16-21-8-4-5-9-25(21)33-19-23/h1-9,16,19,22,24H,10-15,17-18,30-32H2,(H,34,39)(H,35,38). The first-order valence-corrected chi connectivity index (χ1v) is 13.3. The lowest BCUT2D eigenvalue weighted by atomic mass is 9.91. The maximum Gasteiger partial charge on any atom is 0.250 e. The first kappa shape index (κ1) is 28.2. The molecule has 4 rings (SSSR count). The maximum absolute atomic E-state index is 13.8. The number of hydrogen-bond acceptors (Lipinski definition) is 7. The number of hydrogen-bond donors (Lipinski definition) is 5. The summed E-state index contributed by atoms with van der Waals surface area (Å²) in [5.41, 5.74) is 18.7. The molecule has 1 saturated carbocycles. The fraction of sp³-hybridized carbons (Fsp3) is 0.379. The number of carbonyl (C=O) groups is 3. The SMILES string of the molecule is NCCN(CCN)C(=O)CC(N)C(=O)NC1(C(=O)Nc2cnc3ccccc3c2)CCC(c2ccccc2)C1. The molecule has 0 bridgehead atoms. The molecular weight excluding hydrogens is 494 g/mol. The van der Waals surface area contributed by atoms with E-state index in [0.717, 1.165) is 16.5 Å². The second kappa shape index (κ2) is 12.8. The molecule has 3 atom stereocenters. The zero-order valence-electron chi connectivity index (χ0n) is 22.0. The molecule has 1 aliphatic carbocycles. The van der Waals surface area contributed by atoms with Crippen molar-refractivity contribution in [2.24, 2.45) is 17.2 Å². The van der Waals surface area contributed by atoms with E-state index in [1.807, 2.05) is 60.7 Å². The van der Waals surface area contributed by atoms with Crippen molar-refractivity contribution in [3.8, 4) is 0 Å². The van der Waals surface area contributed by atoms with Gasteiger partial charge in [-0.2, -0.15) is 0 Å². The average Bonchev–Trinajstić information content (AvgIpc) is 3.38. The van der Waals surface area contributed by atoms with Crippen LogP contribution in [0.5, 0.6) is 0 Å². The number of nitrogens with one attached hydrogen (secondary N) is 2. The fourth-order valence-electron chi connectivity index (χ4n) is 5.23. The van der Waals surface area contributed by atoms with E-state index in [0.29, 0.717) is 38.0 Å². The van der Waals surface area contributed by atoms with Crippen molar-refractivity contribution in [1.29, 1.82) is 0 Å². The molecule has 0 aliphatic heterocycles. The van der Waals surface area contributed by atoms with Crippen molar-refractivity contribution in [3.63, 3.8) is 0 Å². The molecule has 3 unspecified atom stereocenters. The second-order valence-corrected chi connectivity index (χ2v) is 10.1. The summed E-state index contributed by atoms with van der Waals surface area (Å²) in [7, 11) is 0. The average molecular weight is 532 g/mol. The molecule has 8 N–H and O–H groups in total. The van der Waals surface area contributed by atoms with E-state index in [4.69, 9.17) is 17.2 Å². The number of aromatic nitrogens is 1. The van der Waals surface area contributed by atoms with Gasteiger partial charge in [0, 0.05) is 31.6 Å². The van der Waals surface area contributed by atoms with Gasteiger partial charge >= 0.3 is 0 Å². The Bertz CT molecular complexity index is 1300. The monoisotopic (exact) mass is 531 g/mol. The van der Waals surface area contributed by atoms with Gasteiger partial charge in [-0.3, -0.25) is 19.4 Å². The zero-order valence-corrected chi connectivity index (χ0v) is 22.0. The Morgan fingerprint density at radius 2 is 1.72 bits per heavy atom. The minimum absolute atomic E-state index is 0.0782. The molecular formula is C29H37N7O3. The quantitative estimate of drug-likeness (QED) is 0.249. The second-order valence-electron chi connectivity index (χ2n) is 10.1. The lowest BCUT2D eigenvalue weighted by Gasteiger charge is -2.31. The van der Waals surface area contributed by atoms with Crippen LogP contribution in [0.15, 0.2) is 66.9 Å². The number of pyridine rings is 1. The first-order chi connectivity index (χ1) is 18.8. The summed E-state index contributed by atoms with van der Waals surface area (Å²) in [6, 6.07) is 18.3. The first-order valence-electron chi connectivity index (χ1n) is 13.3. The number of anilines is 1. The van der Waals surface area contributed by atoms with Gasteiger partial charge in [0.25, 0.3) is 0 Å². The summed E-state index contributed by atoms with van der Waals surface area (Å²) in [5.74, 6) is -1.11. The highest BCUT2D eigenvalue weighted by Gasteiger charge is 2.47. The van der Waals surface area contributed by atoms with E-state index in [1.54, 1.807) is 6.20 Å². The Balaban J connectivity index is 1.53. The fourth-order valence-corrected chi connectivity index (χ4v) is 5.23. The Morgan fingerprint density at radius 3 is 2.44 bits per heavy atom. The molecule has 1 aromatic heterocycles. The van der Waals surface area contributed by atoms with Gasteiger partial charge in [-0.05, 0) is 42.9 Å². The number of fused-ring (bicyclic) bond motifs is 1. The molecule has 0 radical (unpaired) electrons. The van der Waals surface area contributed by atoms with Crippen LogP contribution in [0.25, 0.3) is 10.9 Å². The van der Waals surface area contributed by atoms with Gasteiger partial charge in [-0.15, -0.1) is 0 Å². The van der Waals surface area contributed by atoms with Crippen LogP contribution >= 0.6 is 0 Å². The molecule has 3 amide bonds. The van der Waals surface area contributed by atoms with Gasteiger partial charge < -0.3 is 32.7 Å². The normalized spacial score (nSPS) is 19.4. The third-order valence-electron chi connectivity index (χ3n) is 7.31. The summed E-state index contributed by atoms with van der Waals surface area (Å²) >= 11 is 0. The molecule has 0 saturated heterocycles. The Morgan fingerprint density at radius 1 is 1.03 bits per heavy atom. The minimum atomic E-state index is -1.20. The van der Waals surface area contributed by atoms with Gasteiger partial charge in [0.05, 0.1) is 29.9 Å². The van der Waals surface area contributed by atoms with Crippen molar-refractivity contribution in [2.75, 3.05) is 31.5 Å². The van der Waals surface area contributed by atoms with Gasteiger partial charge in [0.15, 0.2) is 0 Å². The van der Waals surface area contributed by atoms with Crippen LogP contribution in [0, 0.1) is 0 Å². The molecule has 1 aliphatic rings. The number of benzene rings is 2. The van der Waals surface area contributed by atoms with Crippen LogP contribution in [-0.2, 0) is 14.4 Å². The lowest BCUT2D eigenvalue weighted by molar-refractivity contribution is -0.135. The van der Waals surface area contributed by atoms with Gasteiger partial charge in [-0.1, -0.05) is 48.5 Å². The molecule has 1 fully saturated rings. The topological polar surface area (TPSA) is 169 Å². The van der Waals surface area contributed by atoms with Gasteiger partial charge in [0.1, 0.15) is 5.54 Å². The third kappa shape index (κ3) is 6.78. The highest BCUT2D eigenvalue weighted by molar-refractivity contribution is 6.02. The number of amides is 3. The van der Waals surface area contributed by atoms with Gasteiger partial charge in [-0.25, -0.2) is 0 Å². The van der Waals surface area contributed by atoms with Gasteiger partial charge in [0.2, 0.25) is 17.7 Å². The van der Waals surface area contributed by atoms with E-state index in [-0.39, 0.29) is 37.2 Å². The Hall–Kier alpha value is -3.86. The number of nitrogens with zero attached hydrogens (tertiary/aromatic N) is 2. The highest BCUT2D eigenvalue weighted by atomic mass is 16.2. The summed E-state index contributed by atoms with van der Waals surface area (Å²) in [6.45, 7) is 1.21. The number of nitrogens with two attached hydrogens (primary N) is 3. The van der Waals surface area contributed by atoms with E-state index in [2.05, 4.69) is 15.6 Å². The largest absolute Gasteiger partial charge is 0.340 e. The summed E-state index contributed by atoms with van der Waals surface area (Å²) < 4.78 is 0. The van der Waals surface area contributed by atoms with Crippen LogP contribution in [0.1, 0.15) is 37.2 Å². The molecule has 1 heterocycles. The highest BCUT2D eigenvalue weighted by Crippen LogP contribution is 2.41. The number of para-hydroxylation sites is 1. The van der Waals surface area contributed by atoms with Crippen molar-refractivity contribution >= 4 is 34.3 Å². The van der Waals surface area contributed by atoms with Crippen LogP contribution in [0.4, 0.5) is 5.69 Å². The van der Waals surface area contributed by atoms with Crippen LogP contribution in [0.3, 0.4) is 0 Å². The molecule has 0 spiro atoms. The molecule has 39 heavy (non-hydrogen) atoms. The molecule has 206 valence electrons. The lowest BCUT2D eigenvalue weighted by Crippen LogP contribution is -2.59. The molecule has 10 heteroatoms. The number of rotatable bonds is 11. The van der Waals surface area contributed by atoms with Crippen LogP contribution < -0.4 is 27.8 Å². The van der Waals surface area contributed by atoms with Crippen LogP contribution in [-0.4, -0.2) is 65.4 Å². The van der Waals surface area contributed by atoms with Crippen molar-refractivity contribution in [1.82, 2.24) is 15.2 Å². The Kier molecular flexibility index (Phi) is 9.23. The summed E-state index contributed by atoms with van der Waals surface area (Å²) in [4.78, 5) is 45.8. The van der Waals surface area contributed by atoms with E-state index in [9.17, 15) is 14.4 Å². The third-order valence-corrected chi connectivity index (χ3v) is 7.31. The van der Waals surface area contributed by atoms with Crippen molar-refractivity contribution < 1.29 is 14.4 Å². The molecule has 2 aromatic carbocycles. The van der Waals surface area contributed by atoms with E-state index < -0.39 is 17.5 Å². The zero-order chi connectivity index (χ0) is 27.8. The molecule has 10 nitrogen and oxygen atoms in total. The van der Waals surface area contributed by atoms with E-state index >= 15 is 0 Å². The maximum atomic E-state index is 13.8.